The molecule has 1 atom stereocenters. The van der Waals surface area contributed by atoms with Crippen molar-refractivity contribution in [1.82, 2.24) is 9.97 Å². The normalized spacial score (nSPS) is 12.6. The number of ether oxygens (including phenoxy) is 2. The van der Waals surface area contributed by atoms with E-state index in [4.69, 9.17) is 15.2 Å². The lowest BCUT2D eigenvalue weighted by atomic mass is 10.1. The number of hydrogen-bond acceptors (Lipinski definition) is 5. The van der Waals surface area contributed by atoms with Crippen LogP contribution >= 0.6 is 0 Å². The van der Waals surface area contributed by atoms with E-state index in [1.165, 1.54) is 6.33 Å². The molecular formula is C11H19N3O2. The largest absolute Gasteiger partial charge is 0.476 e. The standard InChI is InChI=1S/C11H19N3O2/c1-5-15-10-9(12)11(14-6-13-10)16-8(4)7(2)3/h6-8H,5,12H2,1-4H3. The lowest BCUT2D eigenvalue weighted by Gasteiger charge is -2.18. The van der Waals surface area contributed by atoms with Gasteiger partial charge >= 0.3 is 0 Å². The van der Waals surface area contributed by atoms with Gasteiger partial charge in [-0.1, -0.05) is 13.8 Å². The molecule has 0 aromatic carbocycles. The summed E-state index contributed by atoms with van der Waals surface area (Å²) in [5, 5.41) is 0. The molecule has 0 aliphatic rings. The van der Waals surface area contributed by atoms with Crippen LogP contribution in [-0.4, -0.2) is 22.7 Å². The van der Waals surface area contributed by atoms with Gasteiger partial charge < -0.3 is 15.2 Å². The van der Waals surface area contributed by atoms with Gasteiger partial charge in [0.25, 0.3) is 0 Å². The smallest absolute Gasteiger partial charge is 0.244 e. The van der Waals surface area contributed by atoms with E-state index in [-0.39, 0.29) is 6.10 Å². The van der Waals surface area contributed by atoms with Gasteiger partial charge in [0.1, 0.15) is 12.4 Å². The lowest BCUT2D eigenvalue weighted by molar-refractivity contribution is 0.163. The van der Waals surface area contributed by atoms with Gasteiger partial charge in [-0.15, -0.1) is 0 Å². The molecule has 0 amide bonds. The van der Waals surface area contributed by atoms with Crippen LogP contribution in [0.1, 0.15) is 27.7 Å². The Hall–Kier alpha value is -1.52. The molecule has 5 nitrogen and oxygen atoms in total. The van der Waals surface area contributed by atoms with E-state index in [0.29, 0.717) is 30.0 Å². The van der Waals surface area contributed by atoms with Crippen LogP contribution in [-0.2, 0) is 0 Å². The summed E-state index contributed by atoms with van der Waals surface area (Å²) in [4.78, 5) is 7.95. The highest BCUT2D eigenvalue weighted by Gasteiger charge is 2.15. The third kappa shape index (κ3) is 2.98. The zero-order valence-electron chi connectivity index (χ0n) is 10.2. The maximum absolute atomic E-state index is 5.84. The molecule has 0 spiro atoms. The molecule has 1 aromatic heterocycles. The van der Waals surface area contributed by atoms with Crippen molar-refractivity contribution in [2.24, 2.45) is 5.92 Å². The molecule has 5 heteroatoms. The summed E-state index contributed by atoms with van der Waals surface area (Å²) in [6, 6.07) is 0. The van der Waals surface area contributed by atoms with Gasteiger partial charge in [-0.2, -0.15) is 9.97 Å². The molecule has 1 rings (SSSR count). The second-order valence-electron chi connectivity index (χ2n) is 3.90. The van der Waals surface area contributed by atoms with E-state index in [1.54, 1.807) is 0 Å². The Morgan fingerprint density at radius 2 is 1.88 bits per heavy atom. The van der Waals surface area contributed by atoms with Crippen LogP contribution in [0.25, 0.3) is 0 Å². The fourth-order valence-corrected chi connectivity index (χ4v) is 1.02. The molecule has 0 aliphatic carbocycles. The van der Waals surface area contributed by atoms with Crippen LogP contribution < -0.4 is 15.2 Å². The highest BCUT2D eigenvalue weighted by molar-refractivity contribution is 5.55. The minimum absolute atomic E-state index is 0.0478. The molecular weight excluding hydrogens is 206 g/mol. The number of anilines is 1. The van der Waals surface area contributed by atoms with E-state index in [2.05, 4.69) is 23.8 Å². The van der Waals surface area contributed by atoms with E-state index >= 15 is 0 Å². The van der Waals surface area contributed by atoms with Crippen LogP contribution in [0.15, 0.2) is 6.33 Å². The maximum atomic E-state index is 5.84. The average Bonchev–Trinajstić information content (AvgIpc) is 2.24. The summed E-state index contributed by atoms with van der Waals surface area (Å²) in [6.07, 6.45) is 1.44. The van der Waals surface area contributed by atoms with Gasteiger partial charge in [0.15, 0.2) is 5.69 Å². The zero-order chi connectivity index (χ0) is 12.1. The van der Waals surface area contributed by atoms with Crippen molar-refractivity contribution in [1.29, 1.82) is 0 Å². The lowest BCUT2D eigenvalue weighted by Crippen LogP contribution is -2.20. The van der Waals surface area contributed by atoms with Crippen molar-refractivity contribution >= 4 is 5.69 Å². The topological polar surface area (TPSA) is 70.3 Å². The first-order chi connectivity index (χ1) is 7.56. The molecule has 0 fully saturated rings. The van der Waals surface area contributed by atoms with Crippen LogP contribution in [0.5, 0.6) is 11.8 Å². The molecule has 90 valence electrons. The Bertz CT molecular complexity index is 342. The predicted molar refractivity (Wildman–Crippen MR) is 62.5 cm³/mol. The van der Waals surface area contributed by atoms with Gasteiger partial charge in [-0.05, 0) is 19.8 Å². The second-order valence-corrected chi connectivity index (χ2v) is 3.90. The van der Waals surface area contributed by atoms with Crippen molar-refractivity contribution in [3.63, 3.8) is 0 Å². The summed E-state index contributed by atoms with van der Waals surface area (Å²) in [5.41, 5.74) is 6.20. The van der Waals surface area contributed by atoms with E-state index in [1.807, 2.05) is 13.8 Å². The average molecular weight is 225 g/mol. The molecule has 1 heterocycles. The summed E-state index contributed by atoms with van der Waals surface area (Å²) in [5.74, 6) is 1.16. The van der Waals surface area contributed by atoms with Crippen molar-refractivity contribution in [2.45, 2.75) is 33.8 Å². The minimum atomic E-state index is 0.0478. The quantitative estimate of drug-likeness (QED) is 0.828. The fraction of sp³-hybridized carbons (Fsp3) is 0.636. The number of hydrogen-bond donors (Lipinski definition) is 1. The van der Waals surface area contributed by atoms with Crippen LogP contribution in [0.3, 0.4) is 0 Å². The van der Waals surface area contributed by atoms with E-state index in [9.17, 15) is 0 Å². The number of rotatable bonds is 5. The summed E-state index contributed by atoms with van der Waals surface area (Å²) in [6.45, 7) is 8.52. The number of aromatic nitrogens is 2. The zero-order valence-corrected chi connectivity index (χ0v) is 10.2. The van der Waals surface area contributed by atoms with Crippen LogP contribution in [0.4, 0.5) is 5.69 Å². The number of nitrogens with two attached hydrogens (primary N) is 1. The van der Waals surface area contributed by atoms with Crippen LogP contribution in [0, 0.1) is 5.92 Å². The maximum Gasteiger partial charge on any atom is 0.244 e. The third-order valence-corrected chi connectivity index (χ3v) is 2.33. The Balaban J connectivity index is 2.84. The van der Waals surface area contributed by atoms with Gasteiger partial charge in [0.2, 0.25) is 11.8 Å². The van der Waals surface area contributed by atoms with E-state index < -0.39 is 0 Å². The Morgan fingerprint density at radius 3 is 2.44 bits per heavy atom. The van der Waals surface area contributed by atoms with Crippen molar-refractivity contribution in [3.8, 4) is 11.8 Å². The molecule has 0 saturated carbocycles. The highest BCUT2D eigenvalue weighted by Crippen LogP contribution is 2.28. The van der Waals surface area contributed by atoms with Gasteiger partial charge in [0, 0.05) is 0 Å². The molecule has 0 aliphatic heterocycles. The molecule has 0 bridgehead atoms. The summed E-state index contributed by atoms with van der Waals surface area (Å²) in [7, 11) is 0. The molecule has 0 radical (unpaired) electrons. The van der Waals surface area contributed by atoms with Gasteiger partial charge in [0.05, 0.1) is 6.61 Å². The van der Waals surface area contributed by atoms with E-state index in [0.717, 1.165) is 0 Å². The Morgan fingerprint density at radius 1 is 1.25 bits per heavy atom. The molecule has 1 unspecified atom stereocenters. The summed E-state index contributed by atoms with van der Waals surface area (Å²) < 4.78 is 10.9. The highest BCUT2D eigenvalue weighted by atomic mass is 16.5. The fourth-order valence-electron chi connectivity index (χ4n) is 1.02. The SMILES string of the molecule is CCOc1ncnc(OC(C)C(C)C)c1N. The number of nitrogens with zero attached hydrogens (tertiary/aromatic N) is 2. The first-order valence-corrected chi connectivity index (χ1v) is 5.46. The molecule has 2 N–H and O–H groups in total. The monoisotopic (exact) mass is 225 g/mol. The molecule has 1 aromatic rings. The first-order valence-electron chi connectivity index (χ1n) is 5.46. The third-order valence-electron chi connectivity index (χ3n) is 2.33. The molecule has 16 heavy (non-hydrogen) atoms. The Kier molecular flexibility index (Phi) is 4.34. The van der Waals surface area contributed by atoms with Crippen molar-refractivity contribution in [2.75, 3.05) is 12.3 Å². The first kappa shape index (κ1) is 12.5. The van der Waals surface area contributed by atoms with Gasteiger partial charge in [-0.3, -0.25) is 0 Å². The van der Waals surface area contributed by atoms with Crippen LogP contribution in [0.2, 0.25) is 0 Å². The van der Waals surface area contributed by atoms with Crippen molar-refractivity contribution < 1.29 is 9.47 Å². The second kappa shape index (κ2) is 5.53. The predicted octanol–water partition coefficient (Wildman–Crippen LogP) is 1.88. The summed E-state index contributed by atoms with van der Waals surface area (Å²) >= 11 is 0. The van der Waals surface area contributed by atoms with Gasteiger partial charge in [-0.25, -0.2) is 0 Å². The number of nitrogen functional groups attached to an aromatic ring is 1. The molecule has 0 saturated heterocycles. The Labute approximate surface area is 96.0 Å². The van der Waals surface area contributed by atoms with Crippen molar-refractivity contribution in [3.05, 3.63) is 6.33 Å². The minimum Gasteiger partial charge on any atom is -0.476 e.